The molecule has 5 heteroatoms. The number of anilines is 1. The molecule has 0 atom stereocenters. The molecule has 0 unspecified atom stereocenters. The van der Waals surface area contributed by atoms with Gasteiger partial charge in [-0.1, -0.05) is 60.1 Å². The van der Waals surface area contributed by atoms with Crippen molar-refractivity contribution in [3.05, 3.63) is 95.0 Å². The van der Waals surface area contributed by atoms with Gasteiger partial charge in [-0.3, -0.25) is 4.79 Å². The largest absolute Gasteiger partial charge is 0.368 e. The summed E-state index contributed by atoms with van der Waals surface area (Å²) in [6.07, 6.45) is 0. The van der Waals surface area contributed by atoms with E-state index in [0.29, 0.717) is 18.7 Å². The zero-order valence-electron chi connectivity index (χ0n) is 18.0. The second-order valence-corrected chi connectivity index (χ2v) is 8.58. The van der Waals surface area contributed by atoms with E-state index >= 15 is 0 Å². The monoisotopic (exact) mass is 441 g/mol. The Labute approximate surface area is 193 Å². The van der Waals surface area contributed by atoms with Crippen LogP contribution in [0.5, 0.6) is 0 Å². The highest BCUT2D eigenvalue weighted by Crippen LogP contribution is 2.28. The van der Waals surface area contributed by atoms with Crippen LogP contribution in [-0.4, -0.2) is 42.0 Å². The van der Waals surface area contributed by atoms with Crippen LogP contribution in [-0.2, 0) is 0 Å². The van der Waals surface area contributed by atoms with Crippen molar-refractivity contribution in [2.24, 2.45) is 0 Å². The highest BCUT2D eigenvalue weighted by Gasteiger charge is 2.24. The maximum Gasteiger partial charge on any atom is 0.254 e. The van der Waals surface area contributed by atoms with Crippen LogP contribution >= 0.6 is 11.6 Å². The quantitative estimate of drug-likeness (QED) is 0.401. The van der Waals surface area contributed by atoms with Crippen molar-refractivity contribution in [1.29, 1.82) is 0 Å². The molecule has 1 fully saturated rings. The first-order chi connectivity index (χ1) is 15.6. The van der Waals surface area contributed by atoms with Crippen LogP contribution in [0.15, 0.2) is 78.9 Å². The van der Waals surface area contributed by atoms with E-state index in [0.717, 1.165) is 51.5 Å². The molecule has 1 aromatic heterocycles. The number of aromatic nitrogens is 1. The summed E-state index contributed by atoms with van der Waals surface area (Å²) >= 11 is 6.16. The molecule has 0 bridgehead atoms. The Bertz CT molecular complexity index is 1300. The number of nitrogens with zero attached hydrogens (tertiary/aromatic N) is 3. The highest BCUT2D eigenvalue weighted by molar-refractivity contribution is 6.30. The van der Waals surface area contributed by atoms with Gasteiger partial charge in [0.2, 0.25) is 0 Å². The smallest absolute Gasteiger partial charge is 0.254 e. The maximum atomic E-state index is 13.6. The fraction of sp³-hybridized carbons (Fsp3) is 0.185. The lowest BCUT2D eigenvalue weighted by molar-refractivity contribution is 0.0748. The number of pyridine rings is 1. The number of piperazine rings is 1. The Morgan fingerprint density at radius 1 is 0.875 bits per heavy atom. The third-order valence-electron chi connectivity index (χ3n) is 6.11. The molecule has 1 saturated heterocycles. The molecule has 0 spiro atoms. The van der Waals surface area contributed by atoms with Crippen LogP contribution in [0.2, 0.25) is 5.02 Å². The summed E-state index contributed by atoms with van der Waals surface area (Å²) in [6.45, 7) is 4.96. The molecule has 2 heterocycles. The van der Waals surface area contributed by atoms with Gasteiger partial charge < -0.3 is 9.80 Å². The van der Waals surface area contributed by atoms with Gasteiger partial charge in [0.1, 0.15) is 0 Å². The van der Waals surface area contributed by atoms with Gasteiger partial charge in [0, 0.05) is 47.8 Å². The van der Waals surface area contributed by atoms with Crippen molar-refractivity contribution in [1.82, 2.24) is 9.88 Å². The van der Waals surface area contributed by atoms with Crippen LogP contribution in [0.4, 0.5) is 5.69 Å². The lowest BCUT2D eigenvalue weighted by Crippen LogP contribution is -2.48. The van der Waals surface area contributed by atoms with Crippen LogP contribution in [0, 0.1) is 6.92 Å². The van der Waals surface area contributed by atoms with Crippen molar-refractivity contribution in [3.8, 4) is 11.3 Å². The average molecular weight is 442 g/mol. The van der Waals surface area contributed by atoms with Crippen molar-refractivity contribution >= 4 is 34.1 Å². The first-order valence-corrected chi connectivity index (χ1v) is 11.2. The fourth-order valence-corrected chi connectivity index (χ4v) is 4.55. The van der Waals surface area contributed by atoms with E-state index in [1.807, 2.05) is 65.6 Å². The molecule has 0 aliphatic carbocycles. The maximum absolute atomic E-state index is 13.6. The summed E-state index contributed by atoms with van der Waals surface area (Å²) in [5.41, 5.74) is 5.68. The number of amides is 1. The Hall–Kier alpha value is -3.37. The molecule has 5 rings (SSSR count). The lowest BCUT2D eigenvalue weighted by Gasteiger charge is -2.36. The predicted octanol–water partition coefficient (Wildman–Crippen LogP) is 5.83. The number of fused-ring (bicyclic) bond motifs is 1. The van der Waals surface area contributed by atoms with Gasteiger partial charge in [0.25, 0.3) is 5.91 Å². The van der Waals surface area contributed by atoms with Crippen LogP contribution < -0.4 is 4.90 Å². The third-order valence-corrected chi connectivity index (χ3v) is 6.34. The van der Waals surface area contributed by atoms with Gasteiger partial charge in [-0.25, -0.2) is 4.98 Å². The zero-order chi connectivity index (χ0) is 22.1. The van der Waals surface area contributed by atoms with Crippen molar-refractivity contribution in [2.75, 3.05) is 31.1 Å². The fourth-order valence-electron chi connectivity index (χ4n) is 4.36. The third kappa shape index (κ3) is 3.94. The Morgan fingerprint density at radius 3 is 2.41 bits per heavy atom. The Morgan fingerprint density at radius 2 is 1.62 bits per heavy atom. The number of hydrogen-bond acceptors (Lipinski definition) is 3. The topological polar surface area (TPSA) is 36.4 Å². The molecule has 0 N–H and O–H groups in total. The number of carbonyl (C=O) groups is 1. The molecular formula is C27H24ClN3O. The van der Waals surface area contributed by atoms with E-state index in [4.69, 9.17) is 16.6 Å². The summed E-state index contributed by atoms with van der Waals surface area (Å²) < 4.78 is 0. The second-order valence-electron chi connectivity index (χ2n) is 8.15. The number of carbonyl (C=O) groups excluding carboxylic acids is 1. The molecule has 1 amide bonds. The number of para-hydroxylation sites is 1. The summed E-state index contributed by atoms with van der Waals surface area (Å²) in [4.78, 5) is 22.7. The van der Waals surface area contributed by atoms with Gasteiger partial charge >= 0.3 is 0 Å². The molecule has 0 radical (unpaired) electrons. The number of aryl methyl sites for hydroxylation is 1. The second kappa shape index (κ2) is 8.64. The van der Waals surface area contributed by atoms with E-state index in [2.05, 4.69) is 30.0 Å². The van der Waals surface area contributed by atoms with Crippen LogP contribution in [0.25, 0.3) is 22.2 Å². The van der Waals surface area contributed by atoms with Gasteiger partial charge in [-0.05, 0) is 42.8 Å². The van der Waals surface area contributed by atoms with E-state index in [1.54, 1.807) is 0 Å². The van der Waals surface area contributed by atoms with Crippen LogP contribution in [0.3, 0.4) is 0 Å². The summed E-state index contributed by atoms with van der Waals surface area (Å²) in [6, 6.07) is 25.9. The first-order valence-electron chi connectivity index (χ1n) is 10.9. The standard InChI is InChI=1S/C27H24ClN3O/c1-19-7-2-3-10-22(19)26-18-24(23-11-4-5-12-25(23)29-26)27(32)31-15-13-30(14-16-31)21-9-6-8-20(28)17-21/h2-12,17-18H,13-16H2,1H3. The van der Waals surface area contributed by atoms with Crippen molar-refractivity contribution in [2.45, 2.75) is 6.92 Å². The van der Waals surface area contributed by atoms with E-state index < -0.39 is 0 Å². The number of hydrogen-bond donors (Lipinski definition) is 0. The SMILES string of the molecule is Cc1ccccc1-c1cc(C(=O)N2CCN(c3cccc(Cl)c3)CC2)c2ccccc2n1. The summed E-state index contributed by atoms with van der Waals surface area (Å²) in [5, 5.41) is 1.63. The molecular weight excluding hydrogens is 418 g/mol. The van der Waals surface area contributed by atoms with E-state index in [9.17, 15) is 4.79 Å². The normalized spacial score (nSPS) is 14.1. The molecule has 3 aromatic carbocycles. The summed E-state index contributed by atoms with van der Waals surface area (Å²) in [5.74, 6) is 0.0594. The number of benzene rings is 3. The summed E-state index contributed by atoms with van der Waals surface area (Å²) in [7, 11) is 0. The minimum absolute atomic E-state index is 0.0594. The first kappa shape index (κ1) is 20.5. The van der Waals surface area contributed by atoms with Crippen molar-refractivity contribution in [3.63, 3.8) is 0 Å². The molecule has 32 heavy (non-hydrogen) atoms. The van der Waals surface area contributed by atoms with Gasteiger partial charge in [0.15, 0.2) is 0 Å². The Kier molecular flexibility index (Phi) is 5.54. The van der Waals surface area contributed by atoms with Gasteiger partial charge in [-0.2, -0.15) is 0 Å². The minimum Gasteiger partial charge on any atom is -0.368 e. The van der Waals surface area contributed by atoms with Crippen LogP contribution in [0.1, 0.15) is 15.9 Å². The number of halogens is 1. The molecule has 0 saturated carbocycles. The molecule has 1 aliphatic heterocycles. The van der Waals surface area contributed by atoms with E-state index in [-0.39, 0.29) is 5.91 Å². The minimum atomic E-state index is 0.0594. The molecule has 4 aromatic rings. The number of rotatable bonds is 3. The molecule has 1 aliphatic rings. The van der Waals surface area contributed by atoms with Gasteiger partial charge in [0.05, 0.1) is 16.8 Å². The van der Waals surface area contributed by atoms with E-state index in [1.165, 1.54) is 0 Å². The highest BCUT2D eigenvalue weighted by atomic mass is 35.5. The Balaban J connectivity index is 1.45. The zero-order valence-corrected chi connectivity index (χ0v) is 18.7. The van der Waals surface area contributed by atoms with Gasteiger partial charge in [-0.15, -0.1) is 0 Å². The molecule has 4 nitrogen and oxygen atoms in total. The van der Waals surface area contributed by atoms with Crippen molar-refractivity contribution < 1.29 is 4.79 Å². The lowest BCUT2D eigenvalue weighted by atomic mass is 10.00. The molecule has 160 valence electrons. The predicted molar refractivity (Wildman–Crippen MR) is 131 cm³/mol. The average Bonchev–Trinajstić information content (AvgIpc) is 2.83.